The zero-order valence-electron chi connectivity index (χ0n) is 13.4. The number of aromatic nitrogens is 2. The van der Waals surface area contributed by atoms with Crippen LogP contribution in [0.25, 0.3) is 0 Å². The molecule has 0 aliphatic carbocycles. The van der Waals surface area contributed by atoms with Crippen LogP contribution in [0.5, 0.6) is 0 Å². The fourth-order valence-electron chi connectivity index (χ4n) is 3.35. The molecule has 0 radical (unpaired) electrons. The average Bonchev–Trinajstić information content (AvgIpc) is 3.10. The van der Waals surface area contributed by atoms with E-state index in [2.05, 4.69) is 39.2 Å². The van der Waals surface area contributed by atoms with E-state index in [-0.39, 0.29) is 6.03 Å². The Bertz CT molecular complexity index is 703. The molecule has 4 rings (SSSR count). The summed E-state index contributed by atoms with van der Waals surface area (Å²) in [6.45, 7) is 7.30. The molecule has 120 valence electrons. The highest BCUT2D eigenvalue weighted by Gasteiger charge is 2.34. The lowest BCUT2D eigenvalue weighted by Crippen LogP contribution is -2.53. The number of aryl methyl sites for hydroxylation is 1. The van der Waals surface area contributed by atoms with Crippen molar-refractivity contribution >= 4 is 6.03 Å². The van der Waals surface area contributed by atoms with E-state index in [1.165, 1.54) is 5.56 Å². The highest BCUT2D eigenvalue weighted by Crippen LogP contribution is 2.22. The molecule has 0 atom stereocenters. The topological polar surface area (TPSA) is 44.6 Å². The van der Waals surface area contributed by atoms with Gasteiger partial charge < -0.3 is 0 Å². The number of amides is 1. The summed E-state index contributed by atoms with van der Waals surface area (Å²) in [4.78, 5) is 19.1. The molecule has 1 amide bonds. The Hall–Kier alpha value is -2.18. The highest BCUT2D eigenvalue weighted by atomic mass is 16.2. The molecular weight excluding hydrogens is 290 g/mol. The van der Waals surface area contributed by atoms with E-state index in [9.17, 15) is 4.79 Å². The largest absolute Gasteiger partial charge is 0.344 e. The summed E-state index contributed by atoms with van der Waals surface area (Å²) >= 11 is 0. The first kappa shape index (κ1) is 14.4. The normalized spacial score (nSPS) is 19.3. The van der Waals surface area contributed by atoms with Crippen LogP contribution in [0.4, 0.5) is 4.79 Å². The molecule has 6 nitrogen and oxygen atoms in total. The van der Waals surface area contributed by atoms with Gasteiger partial charge in [0, 0.05) is 32.7 Å². The third-order valence-electron chi connectivity index (χ3n) is 4.74. The fraction of sp³-hybridized carbons (Fsp3) is 0.412. The van der Waals surface area contributed by atoms with Crippen LogP contribution in [-0.2, 0) is 13.1 Å². The van der Waals surface area contributed by atoms with Crippen molar-refractivity contribution in [1.82, 2.24) is 24.5 Å². The summed E-state index contributed by atoms with van der Waals surface area (Å²) in [5.41, 5.74) is 3.31. The number of hydrogen-bond acceptors (Lipinski definition) is 4. The zero-order chi connectivity index (χ0) is 15.8. The summed E-state index contributed by atoms with van der Waals surface area (Å²) < 4.78 is 1.67. The number of carbonyl (C=O) groups excluding carboxylic acids is 1. The number of imidazole rings is 1. The van der Waals surface area contributed by atoms with Gasteiger partial charge in [0.25, 0.3) is 0 Å². The van der Waals surface area contributed by atoms with Crippen LogP contribution in [0.3, 0.4) is 0 Å². The molecule has 23 heavy (non-hydrogen) atoms. The smallest absolute Gasteiger partial charge is 0.296 e. The van der Waals surface area contributed by atoms with Crippen LogP contribution in [0.15, 0.2) is 36.7 Å². The van der Waals surface area contributed by atoms with Gasteiger partial charge in [0.15, 0.2) is 0 Å². The molecule has 2 aliphatic rings. The number of nitrogens with zero attached hydrogens (tertiary/aromatic N) is 5. The van der Waals surface area contributed by atoms with Crippen LogP contribution in [0, 0.1) is 6.92 Å². The summed E-state index contributed by atoms with van der Waals surface area (Å²) in [6, 6.07) is 10.6. The van der Waals surface area contributed by atoms with Crippen LogP contribution >= 0.6 is 0 Å². The third kappa shape index (κ3) is 2.64. The molecule has 0 unspecified atom stereocenters. The first-order valence-electron chi connectivity index (χ1n) is 8.08. The Kier molecular flexibility index (Phi) is 3.63. The quantitative estimate of drug-likeness (QED) is 0.865. The molecule has 6 heteroatoms. The lowest BCUT2D eigenvalue weighted by molar-refractivity contribution is -0.0229. The Morgan fingerprint density at radius 3 is 2.52 bits per heavy atom. The fourth-order valence-corrected chi connectivity index (χ4v) is 3.35. The van der Waals surface area contributed by atoms with Gasteiger partial charge in [-0.2, -0.15) is 0 Å². The lowest BCUT2D eigenvalue weighted by Gasteiger charge is -2.38. The average molecular weight is 311 g/mol. The maximum atomic E-state index is 12.5. The van der Waals surface area contributed by atoms with E-state index in [1.54, 1.807) is 10.9 Å². The minimum absolute atomic E-state index is 0.0251. The predicted octanol–water partition coefficient (Wildman–Crippen LogP) is 1.71. The Balaban J connectivity index is 1.36. The van der Waals surface area contributed by atoms with E-state index in [4.69, 9.17) is 0 Å². The second-order valence-electron chi connectivity index (χ2n) is 6.20. The van der Waals surface area contributed by atoms with Gasteiger partial charge in [-0.05, 0) is 12.5 Å². The SMILES string of the molecule is Cc1ncn2c1CN(N1CCN(Cc3ccccc3)CC1)C2=O. The minimum atomic E-state index is 0.0251. The zero-order valence-corrected chi connectivity index (χ0v) is 13.4. The van der Waals surface area contributed by atoms with Crippen molar-refractivity contribution in [2.45, 2.75) is 20.0 Å². The Morgan fingerprint density at radius 1 is 1.09 bits per heavy atom. The summed E-state index contributed by atoms with van der Waals surface area (Å²) in [7, 11) is 0. The molecule has 0 spiro atoms. The van der Waals surface area contributed by atoms with Gasteiger partial charge in [-0.1, -0.05) is 30.3 Å². The summed E-state index contributed by atoms with van der Waals surface area (Å²) in [6.07, 6.45) is 1.64. The molecule has 1 aromatic carbocycles. The third-order valence-corrected chi connectivity index (χ3v) is 4.74. The minimum Gasteiger partial charge on any atom is -0.296 e. The van der Waals surface area contributed by atoms with Gasteiger partial charge in [0.1, 0.15) is 6.33 Å². The second kappa shape index (κ2) is 5.79. The van der Waals surface area contributed by atoms with Crippen molar-refractivity contribution in [2.24, 2.45) is 0 Å². The number of benzene rings is 1. The van der Waals surface area contributed by atoms with Gasteiger partial charge in [0.2, 0.25) is 0 Å². The van der Waals surface area contributed by atoms with E-state index >= 15 is 0 Å². The molecule has 0 bridgehead atoms. The van der Waals surface area contributed by atoms with E-state index in [0.29, 0.717) is 6.54 Å². The molecule has 1 aromatic heterocycles. The molecular formula is C17H21N5O. The molecule has 3 heterocycles. The molecule has 2 aromatic rings. The number of hydrazine groups is 1. The molecule has 0 saturated carbocycles. The van der Waals surface area contributed by atoms with Crippen molar-refractivity contribution in [3.63, 3.8) is 0 Å². The van der Waals surface area contributed by atoms with Crippen LogP contribution < -0.4 is 0 Å². The van der Waals surface area contributed by atoms with Gasteiger partial charge in [0.05, 0.1) is 17.9 Å². The van der Waals surface area contributed by atoms with E-state index < -0.39 is 0 Å². The number of rotatable bonds is 3. The first-order valence-corrected chi connectivity index (χ1v) is 8.08. The second-order valence-corrected chi connectivity index (χ2v) is 6.20. The summed E-state index contributed by atoms with van der Waals surface area (Å²) in [5.74, 6) is 0. The maximum absolute atomic E-state index is 12.5. The highest BCUT2D eigenvalue weighted by molar-refractivity contribution is 5.80. The molecule has 0 N–H and O–H groups in total. The predicted molar refractivity (Wildman–Crippen MR) is 86.6 cm³/mol. The van der Waals surface area contributed by atoms with Gasteiger partial charge in [-0.15, -0.1) is 0 Å². The standard InChI is InChI=1S/C17H21N5O/c1-14-16-12-22(17(23)21(16)13-18-14)20-9-7-19(8-10-20)11-15-5-3-2-4-6-15/h2-6,13H,7-12H2,1H3. The van der Waals surface area contributed by atoms with Crippen LogP contribution in [0.2, 0.25) is 0 Å². The number of carbonyl (C=O) groups is 1. The molecule has 1 fully saturated rings. The molecule has 2 aliphatic heterocycles. The van der Waals surface area contributed by atoms with Crippen molar-refractivity contribution in [3.05, 3.63) is 53.6 Å². The van der Waals surface area contributed by atoms with Crippen molar-refractivity contribution in [1.29, 1.82) is 0 Å². The monoisotopic (exact) mass is 311 g/mol. The first-order chi connectivity index (χ1) is 11.2. The maximum Gasteiger partial charge on any atom is 0.344 e. The van der Waals surface area contributed by atoms with E-state index in [0.717, 1.165) is 44.1 Å². The van der Waals surface area contributed by atoms with Gasteiger partial charge >= 0.3 is 6.03 Å². The van der Waals surface area contributed by atoms with Gasteiger partial charge in [-0.3, -0.25) is 14.5 Å². The number of piperazine rings is 1. The van der Waals surface area contributed by atoms with Crippen molar-refractivity contribution < 1.29 is 4.79 Å². The summed E-state index contributed by atoms with van der Waals surface area (Å²) in [5, 5.41) is 4.04. The van der Waals surface area contributed by atoms with Gasteiger partial charge in [-0.25, -0.2) is 14.8 Å². The van der Waals surface area contributed by atoms with Crippen molar-refractivity contribution in [3.8, 4) is 0 Å². The lowest BCUT2D eigenvalue weighted by atomic mass is 10.2. The number of hydrogen-bond donors (Lipinski definition) is 0. The van der Waals surface area contributed by atoms with E-state index in [1.807, 2.05) is 18.0 Å². The molecule has 1 saturated heterocycles. The number of fused-ring (bicyclic) bond motifs is 1. The van der Waals surface area contributed by atoms with Crippen molar-refractivity contribution in [2.75, 3.05) is 26.2 Å². The Morgan fingerprint density at radius 2 is 1.83 bits per heavy atom. The van der Waals surface area contributed by atoms with Crippen LogP contribution in [0.1, 0.15) is 17.0 Å². The Labute approximate surface area is 135 Å². The van der Waals surface area contributed by atoms with Crippen LogP contribution in [-0.4, -0.2) is 56.7 Å².